The Labute approximate surface area is 123 Å². The number of urea groups is 1. The van der Waals surface area contributed by atoms with Gasteiger partial charge in [-0.3, -0.25) is 0 Å². The minimum atomic E-state index is -0.189. The van der Waals surface area contributed by atoms with Gasteiger partial charge in [-0.05, 0) is 44.6 Å². The Morgan fingerprint density at radius 2 is 1.95 bits per heavy atom. The molecule has 118 valence electrons. The number of aliphatic hydroxyl groups excluding tert-OH is 1. The molecular weight excluding hydrogens is 254 g/mol. The van der Waals surface area contributed by atoms with Gasteiger partial charge in [0.1, 0.15) is 0 Å². The van der Waals surface area contributed by atoms with E-state index in [2.05, 4.69) is 29.4 Å². The number of nitrogens with one attached hydrogen (secondary N) is 2. The van der Waals surface area contributed by atoms with Gasteiger partial charge in [-0.1, -0.05) is 13.8 Å². The number of carbonyl (C=O) groups is 1. The summed E-state index contributed by atoms with van der Waals surface area (Å²) >= 11 is 0. The molecule has 5 heteroatoms. The molecule has 1 aliphatic rings. The van der Waals surface area contributed by atoms with E-state index in [4.69, 9.17) is 5.11 Å². The van der Waals surface area contributed by atoms with E-state index >= 15 is 0 Å². The van der Waals surface area contributed by atoms with Crippen molar-refractivity contribution in [2.24, 2.45) is 11.8 Å². The molecule has 1 saturated heterocycles. The normalized spacial score (nSPS) is 25.2. The average Bonchev–Trinajstić information content (AvgIpc) is 2.37. The van der Waals surface area contributed by atoms with Gasteiger partial charge in [-0.25, -0.2) is 4.79 Å². The number of amides is 2. The van der Waals surface area contributed by atoms with E-state index in [1.165, 1.54) is 19.5 Å². The third-order valence-corrected chi connectivity index (χ3v) is 3.78. The molecule has 1 fully saturated rings. The summed E-state index contributed by atoms with van der Waals surface area (Å²) in [5.41, 5.74) is 0. The molecule has 5 nitrogen and oxygen atoms in total. The summed E-state index contributed by atoms with van der Waals surface area (Å²) in [6.07, 6.45) is 3.47. The van der Waals surface area contributed by atoms with E-state index in [0.717, 1.165) is 31.2 Å². The van der Waals surface area contributed by atoms with Crippen LogP contribution in [0.3, 0.4) is 0 Å². The van der Waals surface area contributed by atoms with Gasteiger partial charge < -0.3 is 20.6 Å². The van der Waals surface area contributed by atoms with Crippen molar-refractivity contribution in [2.75, 3.05) is 32.8 Å². The number of likely N-dealkylation sites (tertiary alicyclic amines) is 1. The van der Waals surface area contributed by atoms with Gasteiger partial charge in [0.05, 0.1) is 12.6 Å². The van der Waals surface area contributed by atoms with Gasteiger partial charge in [0, 0.05) is 19.6 Å². The molecule has 0 aromatic carbocycles. The zero-order chi connectivity index (χ0) is 15.0. The first-order chi connectivity index (χ1) is 9.51. The van der Waals surface area contributed by atoms with Crippen molar-refractivity contribution in [3.63, 3.8) is 0 Å². The van der Waals surface area contributed by atoms with E-state index in [-0.39, 0.29) is 18.7 Å². The third-order valence-electron chi connectivity index (χ3n) is 3.78. The zero-order valence-electron chi connectivity index (χ0n) is 13.2. The fourth-order valence-electron chi connectivity index (χ4n) is 2.96. The molecule has 20 heavy (non-hydrogen) atoms. The van der Waals surface area contributed by atoms with Gasteiger partial charge in [-0.15, -0.1) is 0 Å². The van der Waals surface area contributed by atoms with Gasteiger partial charge in [0.25, 0.3) is 0 Å². The highest BCUT2D eigenvalue weighted by molar-refractivity contribution is 5.74. The van der Waals surface area contributed by atoms with Gasteiger partial charge >= 0.3 is 6.03 Å². The van der Waals surface area contributed by atoms with E-state index in [1.807, 2.05) is 0 Å². The lowest BCUT2D eigenvalue weighted by molar-refractivity contribution is 0.139. The van der Waals surface area contributed by atoms with Crippen LogP contribution in [0.4, 0.5) is 4.79 Å². The summed E-state index contributed by atoms with van der Waals surface area (Å²) in [4.78, 5) is 14.0. The third kappa shape index (κ3) is 7.10. The first-order valence-corrected chi connectivity index (χ1v) is 7.88. The van der Waals surface area contributed by atoms with Gasteiger partial charge in [0.2, 0.25) is 0 Å². The molecular formula is C15H31N3O2. The highest BCUT2D eigenvalue weighted by atomic mass is 16.3. The van der Waals surface area contributed by atoms with Crippen LogP contribution < -0.4 is 10.6 Å². The molecule has 1 rings (SSSR count). The van der Waals surface area contributed by atoms with Crippen molar-refractivity contribution in [2.45, 2.75) is 46.1 Å². The van der Waals surface area contributed by atoms with Crippen LogP contribution >= 0.6 is 0 Å². The van der Waals surface area contributed by atoms with Crippen LogP contribution in [0.15, 0.2) is 0 Å². The molecule has 0 aliphatic carbocycles. The summed E-state index contributed by atoms with van der Waals surface area (Å²) < 4.78 is 0. The van der Waals surface area contributed by atoms with Gasteiger partial charge in [-0.2, -0.15) is 0 Å². The van der Waals surface area contributed by atoms with Gasteiger partial charge in [0.15, 0.2) is 0 Å². The molecule has 0 bridgehead atoms. The molecule has 3 N–H and O–H groups in total. The minimum absolute atomic E-state index is 0.0290. The van der Waals surface area contributed by atoms with E-state index in [9.17, 15) is 4.79 Å². The van der Waals surface area contributed by atoms with E-state index < -0.39 is 0 Å². The summed E-state index contributed by atoms with van der Waals surface area (Å²) in [5.74, 6) is 1.62. The molecule has 0 saturated carbocycles. The first kappa shape index (κ1) is 17.2. The van der Waals surface area contributed by atoms with Crippen molar-refractivity contribution in [3.8, 4) is 0 Å². The van der Waals surface area contributed by atoms with E-state index in [1.54, 1.807) is 6.92 Å². The summed E-state index contributed by atoms with van der Waals surface area (Å²) in [7, 11) is 0. The van der Waals surface area contributed by atoms with Crippen molar-refractivity contribution < 1.29 is 9.90 Å². The molecule has 0 aromatic rings. The standard InChI is InChI=1S/C15H31N3O2/c1-12-8-13(2)10-18(9-12)7-5-4-6-16-15(20)17-14(3)11-19/h12-14,19H,4-11H2,1-3H3,(H2,16,17,20)/t12?,13?,14-/m0/s1. The molecule has 1 heterocycles. The maximum atomic E-state index is 11.4. The Bertz CT molecular complexity index is 276. The van der Waals surface area contributed by atoms with E-state index in [0.29, 0.717) is 6.54 Å². The number of aliphatic hydroxyl groups is 1. The quantitative estimate of drug-likeness (QED) is 0.620. The predicted molar refractivity (Wildman–Crippen MR) is 81.7 cm³/mol. The average molecular weight is 285 g/mol. The second-order valence-corrected chi connectivity index (χ2v) is 6.40. The van der Waals surface area contributed by atoms with Crippen molar-refractivity contribution >= 4 is 6.03 Å². The monoisotopic (exact) mass is 285 g/mol. The number of unbranched alkanes of at least 4 members (excludes halogenated alkanes) is 1. The minimum Gasteiger partial charge on any atom is -0.394 e. The number of piperidine rings is 1. The molecule has 2 unspecified atom stereocenters. The van der Waals surface area contributed by atoms with Crippen LogP contribution in [-0.2, 0) is 0 Å². The van der Waals surface area contributed by atoms with Crippen LogP contribution in [0.1, 0.15) is 40.0 Å². The molecule has 0 spiro atoms. The summed E-state index contributed by atoms with van der Waals surface area (Å²) in [6.45, 7) is 10.7. The topological polar surface area (TPSA) is 64.6 Å². The molecule has 2 amide bonds. The maximum absolute atomic E-state index is 11.4. The lowest BCUT2D eigenvalue weighted by Crippen LogP contribution is -2.42. The fraction of sp³-hybridized carbons (Fsp3) is 0.933. The number of nitrogens with zero attached hydrogens (tertiary/aromatic N) is 1. The second kappa shape index (κ2) is 9.19. The van der Waals surface area contributed by atoms with Crippen molar-refractivity contribution in [3.05, 3.63) is 0 Å². The Morgan fingerprint density at radius 1 is 1.30 bits per heavy atom. The number of carbonyl (C=O) groups excluding carboxylic acids is 1. The Morgan fingerprint density at radius 3 is 2.55 bits per heavy atom. The Kier molecular flexibility index (Phi) is 7.92. The molecule has 1 aliphatic heterocycles. The van der Waals surface area contributed by atoms with Crippen molar-refractivity contribution in [1.29, 1.82) is 0 Å². The lowest BCUT2D eigenvalue weighted by Gasteiger charge is -2.34. The Balaban J connectivity index is 2.03. The summed E-state index contributed by atoms with van der Waals surface area (Å²) in [5, 5.41) is 14.3. The second-order valence-electron chi connectivity index (χ2n) is 6.40. The smallest absolute Gasteiger partial charge is 0.315 e. The number of hydrogen-bond acceptors (Lipinski definition) is 3. The molecule has 3 atom stereocenters. The SMILES string of the molecule is CC1CC(C)CN(CCCCNC(=O)N[C@@H](C)CO)C1. The number of hydrogen-bond donors (Lipinski definition) is 3. The summed E-state index contributed by atoms with van der Waals surface area (Å²) in [6, 6.07) is -0.377. The van der Waals surface area contributed by atoms with Crippen LogP contribution in [0.5, 0.6) is 0 Å². The maximum Gasteiger partial charge on any atom is 0.315 e. The zero-order valence-corrected chi connectivity index (χ0v) is 13.2. The highest BCUT2D eigenvalue weighted by Gasteiger charge is 2.20. The first-order valence-electron chi connectivity index (χ1n) is 7.88. The highest BCUT2D eigenvalue weighted by Crippen LogP contribution is 2.20. The van der Waals surface area contributed by atoms with Crippen LogP contribution in [-0.4, -0.2) is 54.9 Å². The largest absolute Gasteiger partial charge is 0.394 e. The predicted octanol–water partition coefficient (Wildman–Crippen LogP) is 1.42. The Hall–Kier alpha value is -0.810. The van der Waals surface area contributed by atoms with Crippen LogP contribution in [0, 0.1) is 11.8 Å². The van der Waals surface area contributed by atoms with Crippen LogP contribution in [0.2, 0.25) is 0 Å². The lowest BCUT2D eigenvalue weighted by atomic mass is 9.92. The molecule has 0 aromatic heterocycles. The van der Waals surface area contributed by atoms with Crippen molar-refractivity contribution in [1.82, 2.24) is 15.5 Å². The fourth-order valence-corrected chi connectivity index (χ4v) is 2.96. The molecule has 0 radical (unpaired) electrons. The number of rotatable bonds is 7. The van der Waals surface area contributed by atoms with Crippen LogP contribution in [0.25, 0.3) is 0 Å².